The lowest BCUT2D eigenvalue weighted by molar-refractivity contribution is 0.0602. The van der Waals surface area contributed by atoms with Crippen molar-refractivity contribution in [2.45, 2.75) is 0 Å². The van der Waals surface area contributed by atoms with Gasteiger partial charge in [-0.05, 0) is 28.1 Å². The van der Waals surface area contributed by atoms with Crippen LogP contribution in [-0.4, -0.2) is 29.8 Å². The summed E-state index contributed by atoms with van der Waals surface area (Å²) >= 11 is 3.34. The Balaban J connectivity index is 2.77. The minimum atomic E-state index is -0.439. The van der Waals surface area contributed by atoms with Crippen molar-refractivity contribution in [2.75, 3.05) is 14.2 Å². The van der Waals surface area contributed by atoms with E-state index in [2.05, 4.69) is 25.8 Å². The van der Waals surface area contributed by atoms with Crippen LogP contribution >= 0.6 is 15.9 Å². The largest absolute Gasteiger partial charge is 0.494 e. The summed E-state index contributed by atoms with van der Waals surface area (Å²) in [5.41, 5.74) is 0.962. The summed E-state index contributed by atoms with van der Waals surface area (Å²) in [4.78, 5) is 11.5. The first-order valence-corrected chi connectivity index (χ1v) is 5.27. The number of methoxy groups -OCH3 is 2. The minimum Gasteiger partial charge on any atom is -0.494 e. The molecule has 0 atom stereocenters. The van der Waals surface area contributed by atoms with Crippen LogP contribution in [0.2, 0.25) is 0 Å². The molecule has 0 bridgehead atoms. The number of carbonyl (C=O) groups excluding carboxylic acids is 1. The number of carbonyl (C=O) groups is 1. The molecule has 0 saturated carbocycles. The van der Waals surface area contributed by atoms with Gasteiger partial charge in [-0.1, -0.05) is 0 Å². The van der Waals surface area contributed by atoms with Crippen molar-refractivity contribution < 1.29 is 14.3 Å². The molecule has 2 aromatic rings. The van der Waals surface area contributed by atoms with Gasteiger partial charge in [0.1, 0.15) is 21.4 Å². The van der Waals surface area contributed by atoms with Crippen molar-refractivity contribution in [2.24, 2.45) is 0 Å². The Kier molecular flexibility index (Phi) is 2.82. The summed E-state index contributed by atoms with van der Waals surface area (Å²) in [6.07, 6.45) is 1.45. The van der Waals surface area contributed by atoms with Gasteiger partial charge in [-0.15, -0.1) is 0 Å². The van der Waals surface area contributed by atoms with Crippen LogP contribution in [0.3, 0.4) is 0 Å². The molecule has 0 fully saturated rings. The first-order chi connectivity index (χ1) is 7.69. The lowest BCUT2D eigenvalue weighted by Gasteiger charge is -2.05. The molecule has 0 aliphatic heterocycles. The molecular formula is C10H9BrN2O3. The number of pyridine rings is 1. The molecule has 0 spiro atoms. The molecule has 0 aliphatic rings. The van der Waals surface area contributed by atoms with Gasteiger partial charge in [0.2, 0.25) is 0 Å². The van der Waals surface area contributed by atoms with Crippen molar-refractivity contribution in [3.63, 3.8) is 0 Å². The zero-order chi connectivity index (χ0) is 11.7. The molecular weight excluding hydrogens is 276 g/mol. The number of aromatic nitrogens is 2. The third-order valence-corrected chi connectivity index (χ3v) is 2.80. The first kappa shape index (κ1) is 10.9. The first-order valence-electron chi connectivity index (χ1n) is 4.47. The average Bonchev–Trinajstić information content (AvgIpc) is 2.74. The highest BCUT2D eigenvalue weighted by atomic mass is 79.9. The van der Waals surface area contributed by atoms with Crippen LogP contribution in [0.25, 0.3) is 5.52 Å². The van der Waals surface area contributed by atoms with E-state index in [0.29, 0.717) is 16.8 Å². The summed E-state index contributed by atoms with van der Waals surface area (Å²) in [6, 6.07) is 3.55. The van der Waals surface area contributed by atoms with E-state index in [0.717, 1.165) is 4.60 Å². The molecule has 2 aromatic heterocycles. The summed E-state index contributed by atoms with van der Waals surface area (Å²) in [5.74, 6) is 0.132. The van der Waals surface area contributed by atoms with Gasteiger partial charge in [0.05, 0.1) is 20.4 Å². The van der Waals surface area contributed by atoms with Crippen LogP contribution in [0.1, 0.15) is 10.4 Å². The second kappa shape index (κ2) is 4.13. The van der Waals surface area contributed by atoms with Crippen molar-refractivity contribution in [3.05, 3.63) is 28.5 Å². The summed E-state index contributed by atoms with van der Waals surface area (Å²) in [7, 11) is 2.87. The zero-order valence-electron chi connectivity index (χ0n) is 8.73. The monoisotopic (exact) mass is 284 g/mol. The lowest BCUT2D eigenvalue weighted by Crippen LogP contribution is -2.02. The van der Waals surface area contributed by atoms with E-state index in [1.165, 1.54) is 20.4 Å². The number of rotatable bonds is 2. The van der Waals surface area contributed by atoms with E-state index in [-0.39, 0.29) is 0 Å². The maximum absolute atomic E-state index is 11.5. The molecule has 6 heteroatoms. The highest BCUT2D eigenvalue weighted by molar-refractivity contribution is 9.10. The van der Waals surface area contributed by atoms with Crippen LogP contribution in [0.5, 0.6) is 5.75 Å². The number of fused-ring (bicyclic) bond motifs is 1. The van der Waals surface area contributed by atoms with Crippen LogP contribution in [0, 0.1) is 0 Å². The quantitative estimate of drug-likeness (QED) is 0.624. The average molecular weight is 285 g/mol. The molecule has 16 heavy (non-hydrogen) atoms. The number of ether oxygens (including phenoxy) is 2. The van der Waals surface area contributed by atoms with Gasteiger partial charge in [0, 0.05) is 0 Å². The zero-order valence-corrected chi connectivity index (χ0v) is 10.3. The van der Waals surface area contributed by atoms with Gasteiger partial charge >= 0.3 is 5.97 Å². The molecule has 5 nitrogen and oxygen atoms in total. The number of hydrogen-bond acceptors (Lipinski definition) is 4. The topological polar surface area (TPSA) is 52.8 Å². The minimum absolute atomic E-state index is 0.376. The third-order valence-electron chi connectivity index (χ3n) is 2.20. The third kappa shape index (κ3) is 1.55. The van der Waals surface area contributed by atoms with E-state index in [9.17, 15) is 4.79 Å². The predicted octanol–water partition coefficient (Wildman–Crippen LogP) is 1.89. The molecule has 0 saturated heterocycles. The molecule has 0 unspecified atom stereocenters. The van der Waals surface area contributed by atoms with Crippen molar-refractivity contribution in [3.8, 4) is 5.75 Å². The van der Waals surface area contributed by atoms with Crippen molar-refractivity contribution >= 4 is 27.4 Å². The smallest absolute Gasteiger partial charge is 0.341 e. The Morgan fingerprint density at radius 3 is 2.81 bits per heavy atom. The summed E-state index contributed by atoms with van der Waals surface area (Å²) < 4.78 is 12.2. The fourth-order valence-electron chi connectivity index (χ4n) is 1.47. The van der Waals surface area contributed by atoms with Gasteiger partial charge in [-0.2, -0.15) is 5.10 Å². The Morgan fingerprint density at radius 1 is 1.44 bits per heavy atom. The highest BCUT2D eigenvalue weighted by Gasteiger charge is 2.17. The summed E-state index contributed by atoms with van der Waals surface area (Å²) in [6.45, 7) is 0. The van der Waals surface area contributed by atoms with E-state index >= 15 is 0 Å². The van der Waals surface area contributed by atoms with Gasteiger partial charge in [0.15, 0.2) is 0 Å². The Bertz CT molecular complexity index is 550. The number of esters is 1. The number of halogens is 1. The second-order valence-corrected chi connectivity index (χ2v) is 3.85. The Morgan fingerprint density at radius 2 is 2.19 bits per heavy atom. The summed E-state index contributed by atoms with van der Waals surface area (Å²) in [5, 5.41) is 4.08. The van der Waals surface area contributed by atoms with Gasteiger partial charge in [-0.3, -0.25) is 0 Å². The Labute approximate surface area is 100 Å². The van der Waals surface area contributed by atoms with E-state index in [1.54, 1.807) is 16.6 Å². The maximum atomic E-state index is 11.5. The second-order valence-electron chi connectivity index (χ2n) is 3.03. The van der Waals surface area contributed by atoms with Crippen LogP contribution in [-0.2, 0) is 4.74 Å². The Hall–Kier alpha value is -1.56. The van der Waals surface area contributed by atoms with Gasteiger partial charge in [0.25, 0.3) is 0 Å². The normalized spacial score (nSPS) is 10.4. The molecule has 2 rings (SSSR count). The van der Waals surface area contributed by atoms with Crippen molar-refractivity contribution in [1.82, 2.24) is 9.61 Å². The predicted molar refractivity (Wildman–Crippen MR) is 60.8 cm³/mol. The molecule has 0 radical (unpaired) electrons. The SMILES string of the molecule is COC(=O)c1cnn2c(Br)ccc(OC)c12. The van der Waals surface area contributed by atoms with Gasteiger partial charge in [-0.25, -0.2) is 9.31 Å². The molecule has 84 valence electrons. The maximum Gasteiger partial charge on any atom is 0.341 e. The number of hydrogen-bond donors (Lipinski definition) is 0. The molecule has 0 N–H and O–H groups in total. The lowest BCUT2D eigenvalue weighted by atomic mass is 10.2. The fourth-order valence-corrected chi connectivity index (χ4v) is 1.87. The molecule has 0 aliphatic carbocycles. The molecule has 0 aromatic carbocycles. The van der Waals surface area contributed by atoms with E-state index < -0.39 is 5.97 Å². The molecule has 2 heterocycles. The van der Waals surface area contributed by atoms with Crippen LogP contribution in [0.4, 0.5) is 0 Å². The van der Waals surface area contributed by atoms with Crippen LogP contribution in [0.15, 0.2) is 22.9 Å². The standard InChI is InChI=1S/C10H9BrN2O3/c1-15-7-3-4-8(11)13-9(7)6(5-12-13)10(14)16-2/h3-5H,1-2H3. The fraction of sp³-hybridized carbons (Fsp3) is 0.200. The molecule has 0 amide bonds. The van der Waals surface area contributed by atoms with E-state index in [1.807, 2.05) is 0 Å². The van der Waals surface area contributed by atoms with Gasteiger partial charge < -0.3 is 9.47 Å². The van der Waals surface area contributed by atoms with Crippen molar-refractivity contribution in [1.29, 1.82) is 0 Å². The highest BCUT2D eigenvalue weighted by Crippen LogP contribution is 2.27. The van der Waals surface area contributed by atoms with E-state index in [4.69, 9.17) is 4.74 Å². The number of nitrogens with zero attached hydrogens (tertiary/aromatic N) is 2. The van der Waals surface area contributed by atoms with Crippen LogP contribution < -0.4 is 4.74 Å².